The van der Waals surface area contributed by atoms with Gasteiger partial charge in [-0.2, -0.15) is 0 Å². The van der Waals surface area contributed by atoms with Gasteiger partial charge < -0.3 is 16.2 Å². The molecule has 4 N–H and O–H groups in total. The van der Waals surface area contributed by atoms with Gasteiger partial charge in [-0.1, -0.05) is 35.2 Å². The van der Waals surface area contributed by atoms with E-state index in [0.29, 0.717) is 10.2 Å². The molecule has 0 radical (unpaired) electrons. The Labute approximate surface area is 132 Å². The summed E-state index contributed by atoms with van der Waals surface area (Å²) >= 11 is 3.23. The third-order valence-electron chi connectivity index (χ3n) is 3.88. The van der Waals surface area contributed by atoms with E-state index in [1.54, 1.807) is 12.1 Å². The van der Waals surface area contributed by atoms with Crippen LogP contribution in [0.25, 0.3) is 0 Å². The summed E-state index contributed by atoms with van der Waals surface area (Å²) < 4.78 is 0.657. The second-order valence-corrected chi connectivity index (χ2v) is 6.31. The molecule has 21 heavy (non-hydrogen) atoms. The van der Waals surface area contributed by atoms with E-state index in [-0.39, 0.29) is 23.4 Å². The number of hydrogen-bond acceptors (Lipinski definition) is 3. The summed E-state index contributed by atoms with van der Waals surface area (Å²) in [4.78, 5) is 23.6. The molecule has 1 amide bonds. The topological polar surface area (TPSA) is 92.4 Å². The Morgan fingerprint density at radius 3 is 2.67 bits per heavy atom. The molecule has 0 bridgehead atoms. The van der Waals surface area contributed by atoms with E-state index in [1.165, 1.54) is 6.07 Å². The summed E-state index contributed by atoms with van der Waals surface area (Å²) in [7, 11) is 0. The van der Waals surface area contributed by atoms with Gasteiger partial charge in [0.05, 0.1) is 17.2 Å². The van der Waals surface area contributed by atoms with Gasteiger partial charge in [0, 0.05) is 10.5 Å². The molecule has 1 aliphatic rings. The Morgan fingerprint density at radius 2 is 1.95 bits per heavy atom. The van der Waals surface area contributed by atoms with Crippen molar-refractivity contribution in [1.82, 2.24) is 0 Å². The Hall–Kier alpha value is -1.40. The van der Waals surface area contributed by atoms with Gasteiger partial charge in [-0.05, 0) is 31.0 Å². The molecule has 0 aliphatic heterocycles. The zero-order valence-corrected chi connectivity index (χ0v) is 13.2. The SMILES string of the molecule is NC1CCCCCC1C(=O)Nc1ccc(Br)cc1C(=O)O. The summed E-state index contributed by atoms with van der Waals surface area (Å²) in [5, 5.41) is 11.9. The fourth-order valence-electron chi connectivity index (χ4n) is 2.69. The Balaban J connectivity index is 2.17. The van der Waals surface area contributed by atoms with Crippen molar-refractivity contribution in [2.75, 3.05) is 5.32 Å². The summed E-state index contributed by atoms with van der Waals surface area (Å²) in [5.74, 6) is -1.51. The van der Waals surface area contributed by atoms with Gasteiger partial charge in [-0.3, -0.25) is 4.79 Å². The molecular weight excluding hydrogens is 336 g/mol. The van der Waals surface area contributed by atoms with Crippen LogP contribution in [-0.2, 0) is 4.79 Å². The molecule has 6 heteroatoms. The summed E-state index contributed by atoms with van der Waals surface area (Å²) in [6.07, 6.45) is 4.72. The molecule has 1 aromatic carbocycles. The lowest BCUT2D eigenvalue weighted by atomic mass is 9.94. The van der Waals surface area contributed by atoms with Crippen molar-refractivity contribution in [2.24, 2.45) is 11.7 Å². The van der Waals surface area contributed by atoms with E-state index in [4.69, 9.17) is 5.73 Å². The lowest BCUT2D eigenvalue weighted by molar-refractivity contribution is -0.120. The number of carbonyl (C=O) groups is 2. The largest absolute Gasteiger partial charge is 0.478 e. The average Bonchev–Trinajstić information content (AvgIpc) is 2.65. The van der Waals surface area contributed by atoms with Crippen LogP contribution in [0.5, 0.6) is 0 Å². The van der Waals surface area contributed by atoms with E-state index in [9.17, 15) is 14.7 Å². The maximum Gasteiger partial charge on any atom is 0.337 e. The van der Waals surface area contributed by atoms with Crippen LogP contribution in [0.1, 0.15) is 42.5 Å². The average molecular weight is 355 g/mol. The van der Waals surface area contributed by atoms with Gasteiger partial charge in [0.15, 0.2) is 0 Å². The van der Waals surface area contributed by atoms with Crippen LogP contribution in [-0.4, -0.2) is 23.0 Å². The molecular formula is C15H19BrN2O3. The predicted octanol–water partition coefficient (Wildman–Crippen LogP) is 2.99. The van der Waals surface area contributed by atoms with Crippen molar-refractivity contribution in [3.05, 3.63) is 28.2 Å². The maximum absolute atomic E-state index is 12.4. The molecule has 2 atom stereocenters. The van der Waals surface area contributed by atoms with Crippen LogP contribution in [0.15, 0.2) is 22.7 Å². The number of rotatable bonds is 3. The lowest BCUT2D eigenvalue weighted by Gasteiger charge is -2.21. The quantitative estimate of drug-likeness (QED) is 0.727. The van der Waals surface area contributed by atoms with Crippen LogP contribution < -0.4 is 11.1 Å². The smallest absolute Gasteiger partial charge is 0.337 e. The van der Waals surface area contributed by atoms with Gasteiger partial charge in [0.1, 0.15) is 0 Å². The third-order valence-corrected chi connectivity index (χ3v) is 4.37. The normalized spacial score (nSPS) is 22.4. The van der Waals surface area contributed by atoms with Crippen molar-refractivity contribution in [2.45, 2.75) is 38.1 Å². The fourth-order valence-corrected chi connectivity index (χ4v) is 3.05. The van der Waals surface area contributed by atoms with E-state index in [2.05, 4.69) is 21.2 Å². The molecule has 1 fully saturated rings. The summed E-state index contributed by atoms with van der Waals surface area (Å²) in [5.41, 5.74) is 6.45. The highest BCUT2D eigenvalue weighted by Crippen LogP contribution is 2.26. The van der Waals surface area contributed by atoms with Crippen LogP contribution in [0.3, 0.4) is 0 Å². The van der Waals surface area contributed by atoms with Gasteiger partial charge >= 0.3 is 5.97 Å². The van der Waals surface area contributed by atoms with Crippen LogP contribution in [0.2, 0.25) is 0 Å². The van der Waals surface area contributed by atoms with Gasteiger partial charge in [-0.15, -0.1) is 0 Å². The molecule has 0 saturated heterocycles. The van der Waals surface area contributed by atoms with Crippen molar-refractivity contribution >= 4 is 33.5 Å². The molecule has 1 aromatic rings. The number of halogens is 1. The number of nitrogens with one attached hydrogen (secondary N) is 1. The van der Waals surface area contributed by atoms with Gasteiger partial charge in [0.2, 0.25) is 5.91 Å². The number of nitrogens with two attached hydrogens (primary N) is 1. The van der Waals surface area contributed by atoms with Gasteiger partial charge in [-0.25, -0.2) is 4.79 Å². The number of aromatic carboxylic acids is 1. The number of carbonyl (C=O) groups excluding carboxylic acids is 1. The van der Waals surface area contributed by atoms with Crippen molar-refractivity contribution in [3.8, 4) is 0 Å². The van der Waals surface area contributed by atoms with Crippen LogP contribution in [0.4, 0.5) is 5.69 Å². The molecule has 0 spiro atoms. The standard InChI is InChI=1S/C15H19BrN2O3/c16-9-6-7-13(11(8-9)15(20)21)18-14(19)10-4-2-1-3-5-12(10)17/h6-8,10,12H,1-5,17H2,(H,18,19)(H,20,21). The first-order valence-electron chi connectivity index (χ1n) is 7.08. The number of hydrogen-bond donors (Lipinski definition) is 3. The monoisotopic (exact) mass is 354 g/mol. The number of carboxylic acid groups (broad SMARTS) is 1. The minimum absolute atomic E-state index is 0.0694. The highest BCUT2D eigenvalue weighted by molar-refractivity contribution is 9.10. The molecule has 2 unspecified atom stereocenters. The number of benzene rings is 1. The van der Waals surface area contributed by atoms with Gasteiger partial charge in [0.25, 0.3) is 0 Å². The fraction of sp³-hybridized carbons (Fsp3) is 0.467. The van der Waals surface area contributed by atoms with E-state index in [1.807, 2.05) is 0 Å². The molecule has 5 nitrogen and oxygen atoms in total. The Bertz CT molecular complexity index is 548. The first-order chi connectivity index (χ1) is 9.99. The zero-order chi connectivity index (χ0) is 15.4. The Morgan fingerprint density at radius 1 is 1.24 bits per heavy atom. The first-order valence-corrected chi connectivity index (χ1v) is 7.87. The molecule has 0 aromatic heterocycles. The third kappa shape index (κ3) is 4.04. The molecule has 1 aliphatic carbocycles. The van der Waals surface area contributed by atoms with E-state index < -0.39 is 5.97 Å². The second-order valence-electron chi connectivity index (χ2n) is 5.39. The predicted molar refractivity (Wildman–Crippen MR) is 84.3 cm³/mol. The highest BCUT2D eigenvalue weighted by Gasteiger charge is 2.27. The van der Waals surface area contributed by atoms with Crippen LogP contribution >= 0.6 is 15.9 Å². The summed E-state index contributed by atoms with van der Waals surface area (Å²) in [6, 6.07) is 4.62. The number of amides is 1. The van der Waals surface area contributed by atoms with E-state index in [0.717, 1.165) is 32.1 Å². The minimum atomic E-state index is -1.07. The summed E-state index contributed by atoms with van der Waals surface area (Å²) in [6.45, 7) is 0. The molecule has 114 valence electrons. The first kappa shape index (κ1) is 16.0. The molecule has 0 heterocycles. The zero-order valence-electron chi connectivity index (χ0n) is 11.6. The lowest BCUT2D eigenvalue weighted by Crippen LogP contribution is -2.38. The van der Waals surface area contributed by atoms with Crippen LogP contribution in [0, 0.1) is 5.92 Å². The second kappa shape index (κ2) is 7.04. The minimum Gasteiger partial charge on any atom is -0.478 e. The Kier molecular flexibility index (Phi) is 5.36. The van der Waals surface area contributed by atoms with Crippen molar-refractivity contribution < 1.29 is 14.7 Å². The van der Waals surface area contributed by atoms with Crippen molar-refractivity contribution in [1.29, 1.82) is 0 Å². The van der Waals surface area contributed by atoms with E-state index >= 15 is 0 Å². The molecule has 2 rings (SSSR count). The number of anilines is 1. The number of carboxylic acids is 1. The highest BCUT2D eigenvalue weighted by atomic mass is 79.9. The van der Waals surface area contributed by atoms with Crippen molar-refractivity contribution in [3.63, 3.8) is 0 Å². The maximum atomic E-state index is 12.4. The molecule has 1 saturated carbocycles.